The fourth-order valence-corrected chi connectivity index (χ4v) is 2.93. The van der Waals surface area contributed by atoms with Gasteiger partial charge in [-0.1, -0.05) is 29.8 Å². The monoisotopic (exact) mass is 219 g/mol. The SMILES string of the molecule is CCCN1CC(C)CC(Br)C1. The quantitative estimate of drug-likeness (QED) is 0.646. The van der Waals surface area contributed by atoms with Crippen LogP contribution < -0.4 is 0 Å². The third-order valence-corrected chi connectivity index (χ3v) is 2.89. The fraction of sp³-hybridized carbons (Fsp3) is 1.00. The van der Waals surface area contributed by atoms with Gasteiger partial charge in [0.15, 0.2) is 0 Å². The summed E-state index contributed by atoms with van der Waals surface area (Å²) in [7, 11) is 0. The van der Waals surface area contributed by atoms with Crippen molar-refractivity contribution in [1.29, 1.82) is 0 Å². The molecule has 0 bridgehead atoms. The second kappa shape index (κ2) is 4.46. The number of halogens is 1. The van der Waals surface area contributed by atoms with Gasteiger partial charge < -0.3 is 4.90 Å². The Hall–Kier alpha value is 0.440. The summed E-state index contributed by atoms with van der Waals surface area (Å²) in [6.07, 6.45) is 2.63. The Labute approximate surface area is 78.3 Å². The number of likely N-dealkylation sites (tertiary alicyclic amines) is 1. The zero-order valence-corrected chi connectivity index (χ0v) is 9.10. The number of hydrogen-bond donors (Lipinski definition) is 0. The van der Waals surface area contributed by atoms with Crippen molar-refractivity contribution in [3.05, 3.63) is 0 Å². The van der Waals surface area contributed by atoms with Gasteiger partial charge in [-0.15, -0.1) is 0 Å². The molecular weight excluding hydrogens is 202 g/mol. The van der Waals surface area contributed by atoms with Crippen LogP contribution >= 0.6 is 15.9 Å². The molecule has 2 unspecified atom stereocenters. The number of hydrogen-bond acceptors (Lipinski definition) is 1. The van der Waals surface area contributed by atoms with Gasteiger partial charge in [-0.25, -0.2) is 0 Å². The molecule has 0 aromatic rings. The second-order valence-corrected chi connectivity index (χ2v) is 4.99. The van der Waals surface area contributed by atoms with Gasteiger partial charge in [0.2, 0.25) is 0 Å². The summed E-state index contributed by atoms with van der Waals surface area (Å²) in [5, 5.41) is 0. The van der Waals surface area contributed by atoms with Crippen LogP contribution in [0.25, 0.3) is 0 Å². The predicted octanol–water partition coefficient (Wildman–Crippen LogP) is 2.50. The summed E-state index contributed by atoms with van der Waals surface area (Å²) >= 11 is 3.70. The molecule has 1 aliphatic heterocycles. The van der Waals surface area contributed by atoms with Crippen molar-refractivity contribution >= 4 is 15.9 Å². The highest BCUT2D eigenvalue weighted by molar-refractivity contribution is 9.09. The van der Waals surface area contributed by atoms with Crippen LogP contribution in [0.5, 0.6) is 0 Å². The fourth-order valence-electron chi connectivity index (χ4n) is 1.88. The molecule has 0 aromatic carbocycles. The lowest BCUT2D eigenvalue weighted by Crippen LogP contribution is -2.40. The van der Waals surface area contributed by atoms with Crippen LogP contribution in [0.3, 0.4) is 0 Å². The van der Waals surface area contributed by atoms with Gasteiger partial charge in [0.25, 0.3) is 0 Å². The van der Waals surface area contributed by atoms with Crippen molar-refractivity contribution in [2.45, 2.75) is 31.5 Å². The van der Waals surface area contributed by atoms with Crippen molar-refractivity contribution in [3.8, 4) is 0 Å². The molecule has 1 rings (SSSR count). The van der Waals surface area contributed by atoms with E-state index in [1.165, 1.54) is 32.5 Å². The molecule has 1 heterocycles. The second-order valence-electron chi connectivity index (χ2n) is 3.70. The molecule has 2 heteroatoms. The molecule has 2 atom stereocenters. The highest BCUT2D eigenvalue weighted by Gasteiger charge is 2.21. The molecule has 1 aliphatic rings. The minimum absolute atomic E-state index is 0.734. The van der Waals surface area contributed by atoms with Crippen molar-refractivity contribution in [2.24, 2.45) is 5.92 Å². The van der Waals surface area contributed by atoms with Gasteiger partial charge in [0.1, 0.15) is 0 Å². The van der Waals surface area contributed by atoms with Crippen LogP contribution in [-0.2, 0) is 0 Å². The van der Waals surface area contributed by atoms with Gasteiger partial charge in [0, 0.05) is 17.9 Å². The Morgan fingerprint density at radius 2 is 2.18 bits per heavy atom. The smallest absolute Gasteiger partial charge is 0.0276 e. The van der Waals surface area contributed by atoms with Crippen molar-refractivity contribution < 1.29 is 0 Å². The molecule has 1 fully saturated rings. The van der Waals surface area contributed by atoms with E-state index in [4.69, 9.17) is 0 Å². The standard InChI is InChI=1S/C9H18BrN/c1-3-4-11-6-8(2)5-9(10)7-11/h8-9H,3-7H2,1-2H3. The van der Waals surface area contributed by atoms with Gasteiger partial charge in [-0.2, -0.15) is 0 Å². The number of piperidine rings is 1. The third-order valence-electron chi connectivity index (χ3n) is 2.22. The summed E-state index contributed by atoms with van der Waals surface area (Å²) in [4.78, 5) is 3.30. The van der Waals surface area contributed by atoms with Gasteiger partial charge in [-0.05, 0) is 25.3 Å². The van der Waals surface area contributed by atoms with Crippen molar-refractivity contribution in [1.82, 2.24) is 4.90 Å². The minimum Gasteiger partial charge on any atom is -0.302 e. The topological polar surface area (TPSA) is 3.24 Å². The average Bonchev–Trinajstić information content (AvgIpc) is 1.85. The van der Waals surface area contributed by atoms with Crippen molar-refractivity contribution in [2.75, 3.05) is 19.6 Å². The summed E-state index contributed by atoms with van der Waals surface area (Å²) in [5.74, 6) is 0.875. The normalized spacial score (nSPS) is 34.1. The summed E-state index contributed by atoms with van der Waals surface area (Å²) in [6.45, 7) is 8.42. The van der Waals surface area contributed by atoms with E-state index in [0.717, 1.165) is 10.7 Å². The number of rotatable bonds is 2. The van der Waals surface area contributed by atoms with E-state index in [1.807, 2.05) is 0 Å². The van der Waals surface area contributed by atoms with E-state index in [1.54, 1.807) is 0 Å². The zero-order chi connectivity index (χ0) is 8.27. The maximum absolute atomic E-state index is 3.70. The van der Waals surface area contributed by atoms with Gasteiger partial charge in [0.05, 0.1) is 0 Å². The number of nitrogens with zero attached hydrogens (tertiary/aromatic N) is 1. The Balaban J connectivity index is 2.30. The molecule has 0 spiro atoms. The largest absolute Gasteiger partial charge is 0.302 e. The minimum atomic E-state index is 0.734. The first-order chi connectivity index (χ1) is 5.22. The van der Waals surface area contributed by atoms with Crippen LogP contribution in [0.4, 0.5) is 0 Å². The lowest BCUT2D eigenvalue weighted by molar-refractivity contribution is 0.191. The first kappa shape index (κ1) is 9.53. The van der Waals surface area contributed by atoms with Gasteiger partial charge >= 0.3 is 0 Å². The van der Waals surface area contributed by atoms with E-state index >= 15 is 0 Å². The van der Waals surface area contributed by atoms with E-state index in [2.05, 4.69) is 34.7 Å². The van der Waals surface area contributed by atoms with Crippen LogP contribution in [0.2, 0.25) is 0 Å². The molecular formula is C9H18BrN. The van der Waals surface area contributed by atoms with Crippen LogP contribution in [-0.4, -0.2) is 29.4 Å². The lowest BCUT2D eigenvalue weighted by atomic mass is 10.0. The highest BCUT2D eigenvalue weighted by Crippen LogP contribution is 2.21. The Kier molecular flexibility index (Phi) is 3.86. The summed E-state index contributed by atoms with van der Waals surface area (Å²) < 4.78 is 0. The van der Waals surface area contributed by atoms with E-state index < -0.39 is 0 Å². The Morgan fingerprint density at radius 3 is 2.73 bits per heavy atom. The molecule has 66 valence electrons. The van der Waals surface area contributed by atoms with E-state index in [9.17, 15) is 0 Å². The predicted molar refractivity (Wildman–Crippen MR) is 53.2 cm³/mol. The van der Waals surface area contributed by atoms with Crippen LogP contribution in [0.1, 0.15) is 26.7 Å². The Bertz CT molecular complexity index is 106. The molecule has 0 N–H and O–H groups in total. The van der Waals surface area contributed by atoms with E-state index in [0.29, 0.717) is 0 Å². The third kappa shape index (κ3) is 3.12. The number of alkyl halides is 1. The zero-order valence-electron chi connectivity index (χ0n) is 7.52. The van der Waals surface area contributed by atoms with Crippen molar-refractivity contribution in [3.63, 3.8) is 0 Å². The maximum Gasteiger partial charge on any atom is 0.0276 e. The lowest BCUT2D eigenvalue weighted by Gasteiger charge is -2.33. The van der Waals surface area contributed by atoms with Crippen LogP contribution in [0, 0.1) is 5.92 Å². The molecule has 0 amide bonds. The molecule has 0 radical (unpaired) electrons. The molecule has 1 nitrogen and oxygen atoms in total. The first-order valence-corrected chi connectivity index (χ1v) is 5.50. The maximum atomic E-state index is 3.70. The highest BCUT2D eigenvalue weighted by atomic mass is 79.9. The van der Waals surface area contributed by atoms with E-state index in [-0.39, 0.29) is 0 Å². The average molecular weight is 220 g/mol. The first-order valence-electron chi connectivity index (χ1n) is 4.58. The summed E-state index contributed by atoms with van der Waals surface area (Å²) in [5.41, 5.74) is 0. The molecule has 0 aliphatic carbocycles. The molecule has 0 saturated carbocycles. The molecule has 0 aromatic heterocycles. The summed E-state index contributed by atoms with van der Waals surface area (Å²) in [6, 6.07) is 0. The Morgan fingerprint density at radius 1 is 1.45 bits per heavy atom. The molecule has 11 heavy (non-hydrogen) atoms. The van der Waals surface area contributed by atoms with Gasteiger partial charge in [-0.3, -0.25) is 0 Å². The van der Waals surface area contributed by atoms with Crippen LogP contribution in [0.15, 0.2) is 0 Å². The molecule has 1 saturated heterocycles.